The van der Waals surface area contributed by atoms with E-state index >= 15 is 0 Å². The summed E-state index contributed by atoms with van der Waals surface area (Å²) in [4.78, 5) is 14.3. The summed E-state index contributed by atoms with van der Waals surface area (Å²) in [6.07, 6.45) is 0.336. The molecule has 0 aromatic heterocycles. The van der Waals surface area contributed by atoms with Gasteiger partial charge in [0.25, 0.3) is 5.91 Å². The summed E-state index contributed by atoms with van der Waals surface area (Å²) < 4.78 is 43.5. The van der Waals surface area contributed by atoms with Crippen LogP contribution < -0.4 is 4.74 Å². The van der Waals surface area contributed by atoms with Gasteiger partial charge in [0, 0.05) is 23.2 Å². The van der Waals surface area contributed by atoms with Crippen LogP contribution in [0.25, 0.3) is 0 Å². The maximum atomic E-state index is 14.1. The molecule has 1 fully saturated rings. The maximum absolute atomic E-state index is 14.1. The fourth-order valence-corrected chi connectivity index (χ4v) is 5.21. The minimum atomic E-state index is -3.20. The zero-order valence-corrected chi connectivity index (χ0v) is 17.0. The minimum absolute atomic E-state index is 0.00530. The summed E-state index contributed by atoms with van der Waals surface area (Å²) in [6, 6.07) is 10.7. The molecule has 0 spiro atoms. The monoisotopic (exact) mass is 425 g/mol. The molecule has 1 amide bonds. The van der Waals surface area contributed by atoms with Crippen LogP contribution in [0, 0.1) is 12.7 Å². The largest absolute Gasteiger partial charge is 0.483 e. The average Bonchev–Trinajstić information content (AvgIpc) is 2.99. The Hall–Kier alpha value is -2.12. The van der Waals surface area contributed by atoms with E-state index in [9.17, 15) is 17.6 Å². The third-order valence-electron chi connectivity index (χ3n) is 4.76. The molecular formula is C20H21ClFNO4S. The summed E-state index contributed by atoms with van der Waals surface area (Å²) in [6.45, 7) is 1.54. The van der Waals surface area contributed by atoms with Crippen LogP contribution in [0.3, 0.4) is 0 Å². The number of sulfone groups is 1. The molecule has 2 aromatic rings. The smallest absolute Gasteiger partial charge is 0.261 e. The molecule has 0 bridgehead atoms. The highest BCUT2D eigenvalue weighted by Crippen LogP contribution is 2.24. The highest BCUT2D eigenvalue weighted by Gasteiger charge is 2.35. The first-order valence-corrected chi connectivity index (χ1v) is 11.1. The molecule has 150 valence electrons. The minimum Gasteiger partial charge on any atom is -0.483 e. The highest BCUT2D eigenvalue weighted by molar-refractivity contribution is 7.91. The van der Waals surface area contributed by atoms with Crippen LogP contribution in [0.2, 0.25) is 5.02 Å². The number of aryl methyl sites for hydroxylation is 1. The van der Waals surface area contributed by atoms with Gasteiger partial charge in [0.2, 0.25) is 0 Å². The van der Waals surface area contributed by atoms with E-state index in [2.05, 4.69) is 0 Å². The van der Waals surface area contributed by atoms with Crippen LogP contribution in [0.4, 0.5) is 4.39 Å². The topological polar surface area (TPSA) is 63.7 Å². The number of hydrogen-bond donors (Lipinski definition) is 0. The zero-order valence-electron chi connectivity index (χ0n) is 15.4. The Morgan fingerprint density at radius 3 is 2.68 bits per heavy atom. The zero-order chi connectivity index (χ0) is 20.3. The summed E-state index contributed by atoms with van der Waals surface area (Å²) >= 11 is 5.92. The van der Waals surface area contributed by atoms with Crippen LogP contribution in [-0.4, -0.2) is 43.4 Å². The fraction of sp³-hybridized carbons (Fsp3) is 0.350. The van der Waals surface area contributed by atoms with Crippen molar-refractivity contribution in [3.05, 3.63) is 64.4 Å². The normalized spacial score (nSPS) is 18.0. The lowest BCUT2D eigenvalue weighted by atomic mass is 10.1. The molecule has 0 N–H and O–H groups in total. The van der Waals surface area contributed by atoms with E-state index in [0.717, 1.165) is 5.56 Å². The van der Waals surface area contributed by atoms with E-state index in [1.807, 2.05) is 6.92 Å². The number of halogens is 2. The molecule has 28 heavy (non-hydrogen) atoms. The van der Waals surface area contributed by atoms with E-state index in [-0.39, 0.29) is 30.6 Å². The average molecular weight is 426 g/mol. The summed E-state index contributed by atoms with van der Waals surface area (Å²) in [5, 5.41) is 0.563. The number of benzene rings is 2. The van der Waals surface area contributed by atoms with Gasteiger partial charge >= 0.3 is 0 Å². The molecule has 3 rings (SSSR count). The molecule has 1 saturated heterocycles. The van der Waals surface area contributed by atoms with Crippen molar-refractivity contribution in [1.29, 1.82) is 0 Å². The van der Waals surface area contributed by atoms with Gasteiger partial charge in [-0.25, -0.2) is 12.8 Å². The van der Waals surface area contributed by atoms with E-state index in [0.29, 0.717) is 22.8 Å². The first-order chi connectivity index (χ1) is 13.2. The second kappa shape index (κ2) is 8.49. The van der Waals surface area contributed by atoms with E-state index in [4.69, 9.17) is 16.3 Å². The van der Waals surface area contributed by atoms with Crippen LogP contribution in [0.15, 0.2) is 42.5 Å². The van der Waals surface area contributed by atoms with Crippen molar-refractivity contribution in [2.75, 3.05) is 18.1 Å². The number of nitrogens with zero attached hydrogens (tertiary/aromatic N) is 1. The third-order valence-corrected chi connectivity index (χ3v) is 6.74. The second-order valence-electron chi connectivity index (χ2n) is 6.87. The molecule has 8 heteroatoms. The molecule has 0 aliphatic carbocycles. The fourth-order valence-electron chi connectivity index (χ4n) is 3.25. The molecule has 0 saturated carbocycles. The Bertz CT molecular complexity index is 980. The molecule has 1 atom stereocenters. The van der Waals surface area contributed by atoms with Gasteiger partial charge in [0.15, 0.2) is 16.4 Å². The highest BCUT2D eigenvalue weighted by atomic mass is 35.5. The molecule has 1 heterocycles. The molecular weight excluding hydrogens is 405 g/mol. The summed E-state index contributed by atoms with van der Waals surface area (Å²) in [7, 11) is -3.20. The number of carbonyl (C=O) groups is 1. The lowest BCUT2D eigenvalue weighted by Crippen LogP contribution is -2.43. The number of ether oxygens (including phenoxy) is 1. The number of hydrogen-bond acceptors (Lipinski definition) is 4. The van der Waals surface area contributed by atoms with Gasteiger partial charge in [0.1, 0.15) is 11.6 Å². The Balaban J connectivity index is 1.77. The lowest BCUT2D eigenvalue weighted by molar-refractivity contribution is -0.136. The Kier molecular flexibility index (Phi) is 6.25. The Labute approximate surface area is 169 Å². The van der Waals surface area contributed by atoms with Crippen molar-refractivity contribution in [1.82, 2.24) is 4.90 Å². The Morgan fingerprint density at radius 1 is 1.29 bits per heavy atom. The lowest BCUT2D eigenvalue weighted by Gasteiger charge is -2.28. The third kappa shape index (κ3) is 5.02. The van der Waals surface area contributed by atoms with Gasteiger partial charge in [-0.05, 0) is 43.2 Å². The van der Waals surface area contributed by atoms with Gasteiger partial charge in [0.05, 0.1) is 11.5 Å². The van der Waals surface area contributed by atoms with E-state index in [1.54, 1.807) is 36.4 Å². The van der Waals surface area contributed by atoms with Crippen molar-refractivity contribution in [3.8, 4) is 5.75 Å². The summed E-state index contributed by atoms with van der Waals surface area (Å²) in [5.41, 5.74) is 1.12. The molecule has 1 aliphatic rings. The number of carbonyl (C=O) groups excluding carboxylic acids is 1. The predicted octanol–water partition coefficient (Wildman–Crippen LogP) is 3.38. The van der Waals surface area contributed by atoms with Gasteiger partial charge in [-0.15, -0.1) is 0 Å². The van der Waals surface area contributed by atoms with Gasteiger partial charge in [-0.2, -0.15) is 0 Å². The first kappa shape index (κ1) is 20.6. The number of amides is 1. The summed E-state index contributed by atoms with van der Waals surface area (Å²) in [5.74, 6) is -0.402. The quantitative estimate of drug-likeness (QED) is 0.711. The van der Waals surface area contributed by atoms with Crippen molar-refractivity contribution < 1.29 is 22.3 Å². The van der Waals surface area contributed by atoms with Crippen molar-refractivity contribution >= 4 is 27.3 Å². The van der Waals surface area contributed by atoms with Crippen molar-refractivity contribution in [3.63, 3.8) is 0 Å². The van der Waals surface area contributed by atoms with Crippen LogP contribution in [-0.2, 0) is 21.2 Å². The van der Waals surface area contributed by atoms with Gasteiger partial charge < -0.3 is 9.64 Å². The van der Waals surface area contributed by atoms with Crippen LogP contribution in [0.1, 0.15) is 17.5 Å². The predicted molar refractivity (Wildman–Crippen MR) is 106 cm³/mol. The molecule has 2 aromatic carbocycles. The van der Waals surface area contributed by atoms with Crippen molar-refractivity contribution in [2.24, 2.45) is 0 Å². The van der Waals surface area contributed by atoms with Crippen LogP contribution in [0.5, 0.6) is 5.75 Å². The molecule has 0 unspecified atom stereocenters. The van der Waals surface area contributed by atoms with Gasteiger partial charge in [-0.1, -0.05) is 29.8 Å². The van der Waals surface area contributed by atoms with Gasteiger partial charge in [-0.3, -0.25) is 4.79 Å². The first-order valence-electron chi connectivity index (χ1n) is 8.87. The van der Waals surface area contributed by atoms with Crippen molar-refractivity contribution in [2.45, 2.75) is 25.9 Å². The maximum Gasteiger partial charge on any atom is 0.261 e. The SMILES string of the molecule is Cc1cc(Cl)ccc1OCC(=O)N(Cc1ccccc1F)[C@@H]1CCS(=O)(=O)C1. The number of rotatable bonds is 6. The molecule has 0 radical (unpaired) electrons. The second-order valence-corrected chi connectivity index (χ2v) is 9.53. The van der Waals surface area contributed by atoms with Crippen LogP contribution >= 0.6 is 11.6 Å². The molecule has 1 aliphatic heterocycles. The Morgan fingerprint density at radius 2 is 2.04 bits per heavy atom. The standard InChI is InChI=1S/C20H21ClFNO4S/c1-14-10-16(21)6-7-19(14)27-12-20(24)23(17-8-9-28(25,26)13-17)11-15-4-2-3-5-18(15)22/h2-7,10,17H,8-9,11-13H2,1H3/t17-/m1/s1. The molecule has 5 nitrogen and oxygen atoms in total. The van der Waals surface area contributed by atoms with E-state index < -0.39 is 21.7 Å². The van der Waals surface area contributed by atoms with E-state index in [1.165, 1.54) is 11.0 Å².